The van der Waals surface area contributed by atoms with E-state index in [0.29, 0.717) is 48.6 Å². The third-order valence-electron chi connectivity index (χ3n) is 5.62. The molecular formula is C23H21ClF2N6O. The molecule has 4 rings (SSSR count). The Kier molecular flexibility index (Phi) is 6.50. The number of nitrogens with zero attached hydrogens (tertiary/aromatic N) is 5. The monoisotopic (exact) mass is 470 g/mol. The summed E-state index contributed by atoms with van der Waals surface area (Å²) in [6.07, 6.45) is 2.61. The molecular weight excluding hydrogens is 450 g/mol. The van der Waals surface area contributed by atoms with Gasteiger partial charge in [-0.15, -0.1) is 0 Å². The van der Waals surface area contributed by atoms with Gasteiger partial charge in [0.25, 0.3) is 0 Å². The molecule has 1 saturated heterocycles. The highest BCUT2D eigenvalue weighted by atomic mass is 35.5. The number of fused-ring (bicyclic) bond motifs is 1. The van der Waals surface area contributed by atoms with Gasteiger partial charge in [0.15, 0.2) is 12.3 Å². The summed E-state index contributed by atoms with van der Waals surface area (Å²) in [5, 5.41) is 4.05. The zero-order valence-corrected chi connectivity index (χ0v) is 18.6. The maximum atomic E-state index is 15.8. The molecule has 0 radical (unpaired) electrons. The molecule has 7 nitrogen and oxygen atoms in total. The maximum Gasteiger partial charge on any atom is 0.246 e. The van der Waals surface area contributed by atoms with Gasteiger partial charge in [-0.2, -0.15) is 9.49 Å². The fourth-order valence-corrected chi connectivity index (χ4v) is 4.24. The summed E-state index contributed by atoms with van der Waals surface area (Å²) in [5.74, 6) is -0.136. The fourth-order valence-electron chi connectivity index (χ4n) is 3.94. The van der Waals surface area contributed by atoms with E-state index in [1.54, 1.807) is 29.2 Å². The second-order valence-corrected chi connectivity index (χ2v) is 7.93. The molecule has 0 spiro atoms. The van der Waals surface area contributed by atoms with E-state index in [-0.39, 0.29) is 28.5 Å². The fraction of sp³-hybridized carbons (Fsp3) is 0.217. The minimum absolute atomic E-state index is 0.120. The lowest BCUT2D eigenvalue weighted by molar-refractivity contribution is -0.126. The zero-order valence-electron chi connectivity index (χ0n) is 17.9. The highest BCUT2D eigenvalue weighted by Crippen LogP contribution is 2.39. The molecule has 1 N–H and O–H groups in total. The third kappa shape index (κ3) is 4.36. The van der Waals surface area contributed by atoms with Crippen LogP contribution >= 0.6 is 11.6 Å². The van der Waals surface area contributed by atoms with E-state index in [0.717, 1.165) is 5.56 Å². The predicted octanol–water partition coefficient (Wildman–Crippen LogP) is 4.56. The Morgan fingerprint density at radius 2 is 2.00 bits per heavy atom. The van der Waals surface area contributed by atoms with Crippen LogP contribution in [0.1, 0.15) is 5.56 Å². The SMILES string of the molecule is C=CC(=O)N1CCN(c2ncnc3c(F)c(-c4cc(N/N=C/F)ccc4C)c(Cl)cc23)CC1. The summed E-state index contributed by atoms with van der Waals surface area (Å²) in [5.41, 5.74) is 4.67. The van der Waals surface area contributed by atoms with Gasteiger partial charge in [-0.3, -0.25) is 10.2 Å². The molecule has 0 aliphatic carbocycles. The number of amides is 1. The number of hydrogen-bond donors (Lipinski definition) is 1. The first-order valence-corrected chi connectivity index (χ1v) is 10.6. The molecule has 3 aromatic rings. The van der Waals surface area contributed by atoms with E-state index in [9.17, 15) is 9.18 Å². The average Bonchev–Trinajstić information content (AvgIpc) is 2.83. The second kappa shape index (κ2) is 9.50. The summed E-state index contributed by atoms with van der Waals surface area (Å²) >= 11 is 6.58. The molecule has 1 aromatic heterocycles. The van der Waals surface area contributed by atoms with Crippen LogP contribution in [0.4, 0.5) is 20.3 Å². The Hall–Kier alpha value is -3.59. The van der Waals surface area contributed by atoms with Crippen LogP contribution in [0.5, 0.6) is 0 Å². The summed E-state index contributed by atoms with van der Waals surface area (Å²) < 4.78 is 28.1. The number of benzene rings is 2. The number of nitrogens with one attached hydrogen (secondary N) is 1. The molecule has 1 amide bonds. The number of hydrazone groups is 1. The van der Waals surface area contributed by atoms with Crippen molar-refractivity contribution in [3.05, 3.63) is 59.7 Å². The predicted molar refractivity (Wildman–Crippen MR) is 127 cm³/mol. The first-order chi connectivity index (χ1) is 15.9. The van der Waals surface area contributed by atoms with Gasteiger partial charge < -0.3 is 9.80 Å². The number of anilines is 2. The Morgan fingerprint density at radius 3 is 2.70 bits per heavy atom. The quantitative estimate of drug-likeness (QED) is 0.336. The van der Waals surface area contributed by atoms with Crippen LogP contribution in [0, 0.1) is 12.7 Å². The van der Waals surface area contributed by atoms with E-state index < -0.39 is 5.82 Å². The molecule has 0 atom stereocenters. The summed E-state index contributed by atoms with van der Waals surface area (Å²) in [6, 6.07) is 6.78. The number of aromatic nitrogens is 2. The number of piperazine rings is 1. The van der Waals surface area contributed by atoms with Crippen molar-refractivity contribution < 1.29 is 13.6 Å². The Balaban J connectivity index is 1.75. The van der Waals surface area contributed by atoms with Gasteiger partial charge in [-0.1, -0.05) is 24.2 Å². The van der Waals surface area contributed by atoms with Crippen molar-refractivity contribution in [1.29, 1.82) is 0 Å². The molecule has 1 aliphatic heterocycles. The number of carbonyl (C=O) groups excluding carboxylic acids is 1. The zero-order chi connectivity index (χ0) is 23.5. The molecule has 170 valence electrons. The van der Waals surface area contributed by atoms with Gasteiger partial charge in [-0.05, 0) is 42.3 Å². The Morgan fingerprint density at radius 1 is 1.24 bits per heavy atom. The molecule has 2 heterocycles. The lowest BCUT2D eigenvalue weighted by atomic mass is 9.97. The normalized spacial score (nSPS) is 14.2. The van der Waals surface area contributed by atoms with E-state index in [1.165, 1.54) is 12.4 Å². The standard InChI is InChI=1S/C23H21ClF2N6O/c1-3-19(33)31-6-8-32(9-7-31)23-17-11-18(24)20(21(26)22(17)27-13-28-23)16-10-15(30-29-12-25)5-4-14(16)2/h3-5,10-13,30H,1,6-9H2,2H3/b29-12+. The second-order valence-electron chi connectivity index (χ2n) is 7.53. The Labute approximate surface area is 194 Å². The number of rotatable bonds is 5. The summed E-state index contributed by atoms with van der Waals surface area (Å²) in [4.78, 5) is 24.1. The van der Waals surface area contributed by atoms with Crippen LogP contribution < -0.4 is 10.3 Å². The topological polar surface area (TPSA) is 73.7 Å². The van der Waals surface area contributed by atoms with Crippen molar-refractivity contribution in [3.63, 3.8) is 0 Å². The highest BCUT2D eigenvalue weighted by Gasteiger charge is 2.24. The number of hydrogen-bond acceptors (Lipinski definition) is 6. The van der Waals surface area contributed by atoms with E-state index >= 15 is 4.39 Å². The van der Waals surface area contributed by atoms with Crippen LogP contribution in [-0.2, 0) is 4.79 Å². The number of aryl methyl sites for hydroxylation is 1. The van der Waals surface area contributed by atoms with E-state index in [4.69, 9.17) is 11.6 Å². The largest absolute Gasteiger partial charge is 0.352 e. The van der Waals surface area contributed by atoms with Crippen molar-refractivity contribution >= 4 is 46.4 Å². The third-order valence-corrected chi connectivity index (χ3v) is 5.91. The van der Waals surface area contributed by atoms with Crippen molar-refractivity contribution in [3.8, 4) is 11.1 Å². The minimum atomic E-state index is -0.573. The molecule has 0 unspecified atom stereocenters. The molecule has 2 aromatic carbocycles. The molecule has 33 heavy (non-hydrogen) atoms. The van der Waals surface area contributed by atoms with Crippen molar-refractivity contribution in [1.82, 2.24) is 14.9 Å². The average molecular weight is 471 g/mol. The Bertz CT molecular complexity index is 1260. The maximum absolute atomic E-state index is 15.8. The van der Waals surface area contributed by atoms with Crippen molar-refractivity contribution in [2.24, 2.45) is 5.10 Å². The van der Waals surface area contributed by atoms with E-state index in [2.05, 4.69) is 27.1 Å². The highest BCUT2D eigenvalue weighted by molar-refractivity contribution is 6.34. The van der Waals surface area contributed by atoms with Crippen LogP contribution in [0.25, 0.3) is 22.0 Å². The van der Waals surface area contributed by atoms with Gasteiger partial charge in [-0.25, -0.2) is 14.4 Å². The van der Waals surface area contributed by atoms with Gasteiger partial charge in [0.2, 0.25) is 5.91 Å². The summed E-state index contributed by atoms with van der Waals surface area (Å²) in [7, 11) is 0. The van der Waals surface area contributed by atoms with Crippen molar-refractivity contribution in [2.45, 2.75) is 6.92 Å². The molecule has 10 heteroatoms. The lowest BCUT2D eigenvalue weighted by Gasteiger charge is -2.35. The number of halogens is 3. The van der Waals surface area contributed by atoms with Gasteiger partial charge in [0, 0.05) is 37.1 Å². The van der Waals surface area contributed by atoms with Crippen LogP contribution in [0.2, 0.25) is 5.02 Å². The van der Waals surface area contributed by atoms with E-state index in [1.807, 2.05) is 11.8 Å². The lowest BCUT2D eigenvalue weighted by Crippen LogP contribution is -2.48. The van der Waals surface area contributed by atoms with Gasteiger partial charge in [0.1, 0.15) is 17.7 Å². The molecule has 1 aliphatic rings. The molecule has 1 fully saturated rings. The van der Waals surface area contributed by atoms with Crippen LogP contribution in [0.3, 0.4) is 0 Å². The van der Waals surface area contributed by atoms with Crippen LogP contribution in [-0.4, -0.2) is 53.4 Å². The van der Waals surface area contributed by atoms with Gasteiger partial charge >= 0.3 is 0 Å². The number of carbonyl (C=O) groups is 1. The minimum Gasteiger partial charge on any atom is -0.352 e. The van der Waals surface area contributed by atoms with Gasteiger partial charge in [0.05, 0.1) is 10.7 Å². The molecule has 0 saturated carbocycles. The first kappa shape index (κ1) is 22.6. The molecule has 0 bridgehead atoms. The summed E-state index contributed by atoms with van der Waals surface area (Å²) in [6.45, 7) is 7.57. The van der Waals surface area contributed by atoms with Crippen LogP contribution in [0.15, 0.2) is 48.3 Å². The first-order valence-electron chi connectivity index (χ1n) is 10.2. The van der Waals surface area contributed by atoms with Crippen molar-refractivity contribution in [2.75, 3.05) is 36.5 Å². The smallest absolute Gasteiger partial charge is 0.246 e.